The number of piperidine rings is 1. The molecule has 0 radical (unpaired) electrons. The van der Waals surface area contributed by atoms with E-state index in [1.807, 2.05) is 45.0 Å². The molecule has 3 atom stereocenters. The summed E-state index contributed by atoms with van der Waals surface area (Å²) < 4.78 is 32.7. The van der Waals surface area contributed by atoms with E-state index in [2.05, 4.69) is 0 Å². The van der Waals surface area contributed by atoms with Gasteiger partial charge >= 0.3 is 6.09 Å². The van der Waals surface area contributed by atoms with Crippen LogP contribution < -0.4 is 0 Å². The number of benzene rings is 1. The largest absolute Gasteiger partial charge is 0.489 e. The van der Waals surface area contributed by atoms with Gasteiger partial charge in [0, 0.05) is 18.1 Å². The third kappa shape index (κ3) is 5.00. The second-order valence-electron chi connectivity index (χ2n) is 9.33. The van der Waals surface area contributed by atoms with Crippen LogP contribution in [0, 0.1) is 11.8 Å². The average Bonchev–Trinajstić information content (AvgIpc) is 2.73. The van der Waals surface area contributed by atoms with Gasteiger partial charge in [-0.25, -0.2) is 9.18 Å². The summed E-state index contributed by atoms with van der Waals surface area (Å²) in [6.45, 7) is 6.98. The van der Waals surface area contributed by atoms with Crippen molar-refractivity contribution in [2.45, 2.75) is 51.5 Å². The van der Waals surface area contributed by atoms with Crippen molar-refractivity contribution in [3.63, 3.8) is 0 Å². The molecule has 168 valence electrons. The Morgan fingerprint density at radius 2 is 1.87 bits per heavy atom. The number of carbonyl (C=O) groups is 1. The number of ether oxygens (including phenoxy) is 3. The van der Waals surface area contributed by atoms with Crippen molar-refractivity contribution in [1.29, 1.82) is 0 Å². The van der Waals surface area contributed by atoms with Crippen molar-refractivity contribution in [3.05, 3.63) is 58.5 Å². The Balaban J connectivity index is 1.43. The zero-order valence-corrected chi connectivity index (χ0v) is 18.9. The van der Waals surface area contributed by atoms with Gasteiger partial charge in [0.15, 0.2) is 11.9 Å². The number of hydrogen-bond acceptors (Lipinski definition) is 4. The fourth-order valence-corrected chi connectivity index (χ4v) is 4.52. The molecule has 7 heteroatoms. The lowest BCUT2D eigenvalue weighted by Crippen LogP contribution is -2.44. The molecule has 0 bridgehead atoms. The van der Waals surface area contributed by atoms with Crippen LogP contribution in [0.15, 0.2) is 47.9 Å². The van der Waals surface area contributed by atoms with Crippen molar-refractivity contribution in [1.82, 2.24) is 4.90 Å². The first kappa shape index (κ1) is 22.0. The van der Waals surface area contributed by atoms with Crippen LogP contribution in [0.4, 0.5) is 9.18 Å². The quantitative estimate of drug-likeness (QED) is 0.571. The van der Waals surface area contributed by atoms with Gasteiger partial charge in [-0.2, -0.15) is 0 Å². The number of halogens is 2. The number of carbonyl (C=O) groups excluding carboxylic acids is 1. The first-order valence-electron chi connectivity index (χ1n) is 10.8. The topological polar surface area (TPSA) is 48.0 Å². The van der Waals surface area contributed by atoms with E-state index < -0.39 is 17.7 Å². The minimum absolute atomic E-state index is 0.0688. The van der Waals surface area contributed by atoms with Gasteiger partial charge in [-0.05, 0) is 69.4 Å². The maximum atomic E-state index is 15.0. The van der Waals surface area contributed by atoms with Gasteiger partial charge in [0.25, 0.3) is 0 Å². The van der Waals surface area contributed by atoms with E-state index in [4.69, 9.17) is 25.8 Å². The normalized spacial score (nSPS) is 26.7. The highest BCUT2D eigenvalue weighted by Crippen LogP contribution is 2.43. The highest BCUT2D eigenvalue weighted by atomic mass is 35.5. The molecule has 1 aromatic carbocycles. The lowest BCUT2D eigenvalue weighted by molar-refractivity contribution is -0.0319. The van der Waals surface area contributed by atoms with E-state index in [1.165, 1.54) is 0 Å². The van der Waals surface area contributed by atoms with Gasteiger partial charge < -0.3 is 19.1 Å². The summed E-state index contributed by atoms with van der Waals surface area (Å²) in [5.41, 5.74) is 0.439. The Morgan fingerprint density at radius 3 is 2.52 bits per heavy atom. The Morgan fingerprint density at radius 1 is 1.19 bits per heavy atom. The Hall–Kier alpha value is -2.21. The van der Waals surface area contributed by atoms with Gasteiger partial charge in [-0.3, -0.25) is 0 Å². The monoisotopic (exact) mass is 449 g/mol. The maximum Gasteiger partial charge on any atom is 0.410 e. The highest BCUT2D eigenvalue weighted by molar-refractivity contribution is 6.30. The second kappa shape index (κ2) is 8.73. The Labute approximate surface area is 187 Å². The summed E-state index contributed by atoms with van der Waals surface area (Å²) in [7, 11) is 0. The highest BCUT2D eigenvalue weighted by Gasteiger charge is 2.42. The minimum Gasteiger partial charge on any atom is -0.489 e. The van der Waals surface area contributed by atoms with E-state index in [9.17, 15) is 9.18 Å². The Kier molecular flexibility index (Phi) is 6.20. The minimum atomic E-state index is -1.13. The third-order valence-electron chi connectivity index (χ3n) is 5.92. The first-order valence-corrected chi connectivity index (χ1v) is 11.2. The molecule has 3 aliphatic rings. The second-order valence-corrected chi connectivity index (χ2v) is 9.77. The molecule has 1 amide bonds. The van der Waals surface area contributed by atoms with Gasteiger partial charge in [0.1, 0.15) is 24.1 Å². The standard InChI is InChI=1S/C24H29ClFNO4/c1-24(2,3)31-23(28)27-12-10-16(11-13-27)21-18(26)8-9-19-22(21)29-14-20(30-19)15-4-6-17(25)7-5-15/h4-9,16,18,20-21H,10-14H2,1-3H3/t18-,20+,21+/m1/s1. The van der Waals surface area contributed by atoms with E-state index in [0.717, 1.165) is 5.56 Å². The molecule has 1 fully saturated rings. The molecule has 1 saturated heterocycles. The van der Waals surface area contributed by atoms with Crippen LogP contribution in [0.5, 0.6) is 0 Å². The van der Waals surface area contributed by atoms with Crippen LogP contribution in [0.1, 0.15) is 45.3 Å². The van der Waals surface area contributed by atoms with Crippen LogP contribution >= 0.6 is 11.6 Å². The molecule has 2 heterocycles. The molecule has 0 aromatic heterocycles. The van der Waals surface area contributed by atoms with Gasteiger partial charge in [0.05, 0.1) is 5.92 Å². The van der Waals surface area contributed by atoms with Crippen LogP contribution in [0.3, 0.4) is 0 Å². The summed E-state index contributed by atoms with van der Waals surface area (Å²) in [6, 6.07) is 7.46. The zero-order valence-electron chi connectivity index (χ0n) is 18.1. The third-order valence-corrected chi connectivity index (χ3v) is 6.17. The van der Waals surface area contributed by atoms with E-state index in [0.29, 0.717) is 49.1 Å². The summed E-state index contributed by atoms with van der Waals surface area (Å²) in [6.07, 6.45) is 2.91. The molecule has 5 nitrogen and oxygen atoms in total. The number of nitrogens with zero attached hydrogens (tertiary/aromatic N) is 1. The number of allylic oxidation sites excluding steroid dienone is 3. The molecule has 31 heavy (non-hydrogen) atoms. The van der Waals surface area contributed by atoms with Crippen LogP contribution in [-0.4, -0.2) is 42.5 Å². The maximum absolute atomic E-state index is 15.0. The molecule has 0 unspecified atom stereocenters. The van der Waals surface area contributed by atoms with Crippen molar-refractivity contribution in [2.24, 2.45) is 11.8 Å². The number of likely N-dealkylation sites (tertiary alicyclic amines) is 1. The number of hydrogen-bond donors (Lipinski definition) is 0. The van der Waals surface area contributed by atoms with Crippen LogP contribution in [-0.2, 0) is 14.2 Å². The lowest BCUT2D eigenvalue weighted by atomic mass is 9.78. The van der Waals surface area contributed by atoms with Crippen LogP contribution in [0.2, 0.25) is 5.02 Å². The summed E-state index contributed by atoms with van der Waals surface area (Å²) >= 11 is 5.98. The molecular weight excluding hydrogens is 421 g/mol. The van der Waals surface area contributed by atoms with Crippen molar-refractivity contribution >= 4 is 17.7 Å². The van der Waals surface area contributed by atoms with Crippen LogP contribution in [0.25, 0.3) is 0 Å². The summed E-state index contributed by atoms with van der Waals surface area (Å²) in [4.78, 5) is 14.0. The van der Waals surface area contributed by atoms with Gasteiger partial charge in [-0.15, -0.1) is 0 Å². The summed E-state index contributed by atoms with van der Waals surface area (Å²) in [5, 5.41) is 0.663. The van der Waals surface area contributed by atoms with Crippen molar-refractivity contribution in [2.75, 3.05) is 19.7 Å². The predicted molar refractivity (Wildman–Crippen MR) is 116 cm³/mol. The van der Waals surface area contributed by atoms with E-state index >= 15 is 0 Å². The first-order chi connectivity index (χ1) is 14.7. The number of amides is 1. The zero-order chi connectivity index (χ0) is 22.2. The molecular formula is C24H29ClFNO4. The summed E-state index contributed by atoms with van der Waals surface area (Å²) in [5.74, 6) is 0.863. The molecule has 0 saturated carbocycles. The smallest absolute Gasteiger partial charge is 0.410 e. The average molecular weight is 450 g/mol. The van der Waals surface area contributed by atoms with Crippen molar-refractivity contribution < 1.29 is 23.4 Å². The Bertz CT molecular complexity index is 869. The molecule has 1 aliphatic carbocycles. The SMILES string of the molecule is CC(C)(C)OC(=O)N1CCC([C@@H]2C3=C(C=C[C@H]2F)O[C@H](c2ccc(Cl)cc2)CO3)CC1. The van der Waals surface area contributed by atoms with E-state index in [1.54, 1.807) is 17.1 Å². The molecule has 0 spiro atoms. The van der Waals surface area contributed by atoms with Gasteiger partial charge in [0.2, 0.25) is 0 Å². The molecule has 2 aliphatic heterocycles. The van der Waals surface area contributed by atoms with E-state index in [-0.39, 0.29) is 18.1 Å². The molecule has 1 aromatic rings. The predicted octanol–water partition coefficient (Wildman–Crippen LogP) is 5.81. The van der Waals surface area contributed by atoms with Crippen molar-refractivity contribution in [3.8, 4) is 0 Å². The fraction of sp³-hybridized carbons (Fsp3) is 0.542. The molecule has 4 rings (SSSR count). The van der Waals surface area contributed by atoms with Gasteiger partial charge in [-0.1, -0.05) is 23.7 Å². The number of rotatable bonds is 2. The lowest BCUT2D eigenvalue weighted by Gasteiger charge is -2.41. The molecule has 0 N–H and O–H groups in total. The fourth-order valence-electron chi connectivity index (χ4n) is 4.39. The number of alkyl halides is 1.